The number of benzene rings is 2. The number of para-hydroxylation sites is 1. The Kier molecular flexibility index (Phi) is 4.80. The van der Waals surface area contributed by atoms with Crippen molar-refractivity contribution in [2.24, 2.45) is 0 Å². The van der Waals surface area contributed by atoms with Crippen molar-refractivity contribution in [3.63, 3.8) is 0 Å². The zero-order chi connectivity index (χ0) is 17.8. The number of hydrogen-bond donors (Lipinski definition) is 2. The molecule has 0 unspecified atom stereocenters. The molecule has 0 aliphatic carbocycles. The van der Waals surface area contributed by atoms with E-state index >= 15 is 0 Å². The molecule has 0 saturated carbocycles. The van der Waals surface area contributed by atoms with Gasteiger partial charge in [0.2, 0.25) is 0 Å². The lowest BCUT2D eigenvalue weighted by molar-refractivity contribution is 0.102. The van der Waals surface area contributed by atoms with Crippen LogP contribution in [0.4, 0.5) is 17.2 Å². The van der Waals surface area contributed by atoms with Gasteiger partial charge in [-0.15, -0.1) is 0 Å². The second-order valence-electron chi connectivity index (χ2n) is 6.11. The third-order valence-electron chi connectivity index (χ3n) is 4.09. The molecule has 0 bridgehead atoms. The lowest BCUT2D eigenvalue weighted by Gasteiger charge is -2.15. The molecule has 3 rings (SSSR count). The van der Waals surface area contributed by atoms with Crippen LogP contribution in [0.5, 0.6) is 0 Å². The molecule has 0 aliphatic rings. The van der Waals surface area contributed by atoms with E-state index in [2.05, 4.69) is 15.6 Å². The summed E-state index contributed by atoms with van der Waals surface area (Å²) in [6.45, 7) is 6.08. The third kappa shape index (κ3) is 3.86. The van der Waals surface area contributed by atoms with Crippen LogP contribution in [0.15, 0.2) is 60.8 Å². The van der Waals surface area contributed by atoms with Crippen molar-refractivity contribution in [1.82, 2.24) is 4.98 Å². The smallest absolute Gasteiger partial charge is 0.259 e. The van der Waals surface area contributed by atoms with Gasteiger partial charge in [0.15, 0.2) is 0 Å². The molecule has 1 amide bonds. The quantitative estimate of drug-likeness (QED) is 0.707. The van der Waals surface area contributed by atoms with Crippen LogP contribution in [0, 0.1) is 20.8 Å². The summed E-state index contributed by atoms with van der Waals surface area (Å²) in [5, 5.41) is 6.23. The van der Waals surface area contributed by atoms with Crippen LogP contribution in [0.1, 0.15) is 27.0 Å². The zero-order valence-electron chi connectivity index (χ0n) is 14.6. The Bertz CT molecular complexity index is 881. The fraction of sp³-hybridized carbons (Fsp3) is 0.143. The second kappa shape index (κ2) is 7.18. The van der Waals surface area contributed by atoms with Crippen LogP contribution in [0.2, 0.25) is 0 Å². The minimum atomic E-state index is -0.189. The molecular weight excluding hydrogens is 310 g/mol. The van der Waals surface area contributed by atoms with Crippen LogP contribution >= 0.6 is 0 Å². The topological polar surface area (TPSA) is 54.0 Å². The van der Waals surface area contributed by atoms with Gasteiger partial charge in [0.25, 0.3) is 5.91 Å². The van der Waals surface area contributed by atoms with E-state index in [1.54, 1.807) is 18.3 Å². The molecule has 1 heterocycles. The fourth-order valence-electron chi connectivity index (χ4n) is 2.65. The van der Waals surface area contributed by atoms with Crippen molar-refractivity contribution in [3.8, 4) is 0 Å². The highest BCUT2D eigenvalue weighted by atomic mass is 16.1. The summed E-state index contributed by atoms with van der Waals surface area (Å²) < 4.78 is 0. The van der Waals surface area contributed by atoms with Gasteiger partial charge >= 0.3 is 0 Å². The Morgan fingerprint density at radius 1 is 0.880 bits per heavy atom. The van der Waals surface area contributed by atoms with Crippen LogP contribution < -0.4 is 10.6 Å². The molecule has 126 valence electrons. The van der Waals surface area contributed by atoms with Crippen LogP contribution in [-0.2, 0) is 0 Å². The fourth-order valence-corrected chi connectivity index (χ4v) is 2.65. The first kappa shape index (κ1) is 16.7. The number of aryl methyl sites for hydroxylation is 3. The number of amides is 1. The Labute approximate surface area is 147 Å². The van der Waals surface area contributed by atoms with E-state index in [9.17, 15) is 4.79 Å². The van der Waals surface area contributed by atoms with E-state index in [0.717, 1.165) is 28.1 Å². The number of pyridine rings is 1. The number of rotatable bonds is 4. The van der Waals surface area contributed by atoms with Gasteiger partial charge in [-0.1, -0.05) is 35.9 Å². The maximum atomic E-state index is 12.7. The lowest BCUT2D eigenvalue weighted by Crippen LogP contribution is -2.15. The van der Waals surface area contributed by atoms with E-state index in [1.807, 2.05) is 63.2 Å². The van der Waals surface area contributed by atoms with Crippen LogP contribution in [0.25, 0.3) is 0 Å². The summed E-state index contributed by atoms with van der Waals surface area (Å²) in [5.41, 5.74) is 5.61. The van der Waals surface area contributed by atoms with Gasteiger partial charge < -0.3 is 10.6 Å². The highest BCUT2D eigenvalue weighted by molar-refractivity contribution is 6.07. The molecule has 0 saturated heterocycles. The summed E-state index contributed by atoms with van der Waals surface area (Å²) in [5.74, 6) is 0.357. The molecule has 25 heavy (non-hydrogen) atoms. The minimum absolute atomic E-state index is 0.189. The average Bonchev–Trinajstić information content (AvgIpc) is 2.60. The predicted octanol–water partition coefficient (Wildman–Crippen LogP) is 5.00. The average molecular weight is 331 g/mol. The lowest BCUT2D eigenvalue weighted by atomic mass is 10.1. The molecule has 0 fully saturated rings. The van der Waals surface area contributed by atoms with Crippen molar-refractivity contribution in [2.45, 2.75) is 20.8 Å². The number of carbonyl (C=O) groups is 1. The van der Waals surface area contributed by atoms with Gasteiger partial charge in [0.05, 0.1) is 5.56 Å². The molecule has 4 nitrogen and oxygen atoms in total. The molecule has 0 atom stereocenters. The molecule has 2 N–H and O–H groups in total. The van der Waals surface area contributed by atoms with E-state index < -0.39 is 0 Å². The number of anilines is 3. The van der Waals surface area contributed by atoms with Crippen molar-refractivity contribution in [2.75, 3.05) is 10.6 Å². The second-order valence-corrected chi connectivity index (χ2v) is 6.11. The standard InChI is InChI=1S/C21H21N3O/c1-14-9-11-17(12-10-14)23-21(25)18-8-5-13-22-20(18)24-19-15(2)6-4-7-16(19)3/h4-13H,1-3H3,(H,22,24)(H,23,25). The van der Waals surface area contributed by atoms with Crippen LogP contribution in [-0.4, -0.2) is 10.9 Å². The first-order valence-electron chi connectivity index (χ1n) is 8.21. The summed E-state index contributed by atoms with van der Waals surface area (Å²) in [6, 6.07) is 17.3. The zero-order valence-corrected chi connectivity index (χ0v) is 14.6. The van der Waals surface area contributed by atoms with Gasteiger partial charge in [-0.05, 0) is 56.2 Å². The van der Waals surface area contributed by atoms with Crippen molar-refractivity contribution < 1.29 is 4.79 Å². The van der Waals surface area contributed by atoms with E-state index in [-0.39, 0.29) is 5.91 Å². The molecule has 0 spiro atoms. The highest BCUT2D eigenvalue weighted by Gasteiger charge is 2.14. The number of nitrogens with one attached hydrogen (secondary N) is 2. The Balaban J connectivity index is 1.88. The molecule has 0 radical (unpaired) electrons. The maximum absolute atomic E-state index is 12.7. The van der Waals surface area contributed by atoms with Crippen LogP contribution in [0.3, 0.4) is 0 Å². The van der Waals surface area contributed by atoms with Crippen molar-refractivity contribution in [3.05, 3.63) is 83.0 Å². The van der Waals surface area contributed by atoms with Gasteiger partial charge in [0, 0.05) is 17.6 Å². The highest BCUT2D eigenvalue weighted by Crippen LogP contribution is 2.25. The van der Waals surface area contributed by atoms with E-state index in [4.69, 9.17) is 0 Å². The Morgan fingerprint density at radius 3 is 2.24 bits per heavy atom. The monoisotopic (exact) mass is 331 g/mol. The molecular formula is C21H21N3O. The van der Waals surface area contributed by atoms with Gasteiger partial charge in [-0.2, -0.15) is 0 Å². The molecule has 2 aromatic carbocycles. The first-order chi connectivity index (χ1) is 12.0. The Morgan fingerprint density at radius 2 is 1.56 bits per heavy atom. The van der Waals surface area contributed by atoms with Crippen molar-refractivity contribution in [1.29, 1.82) is 0 Å². The summed E-state index contributed by atoms with van der Waals surface area (Å²) in [6.07, 6.45) is 1.68. The number of carbonyl (C=O) groups excluding carboxylic acids is 1. The van der Waals surface area contributed by atoms with Gasteiger partial charge in [-0.25, -0.2) is 4.98 Å². The third-order valence-corrected chi connectivity index (χ3v) is 4.09. The summed E-state index contributed by atoms with van der Waals surface area (Å²) in [7, 11) is 0. The first-order valence-corrected chi connectivity index (χ1v) is 8.21. The number of aromatic nitrogens is 1. The number of hydrogen-bond acceptors (Lipinski definition) is 3. The summed E-state index contributed by atoms with van der Waals surface area (Å²) in [4.78, 5) is 17.0. The SMILES string of the molecule is Cc1ccc(NC(=O)c2cccnc2Nc2c(C)cccc2C)cc1. The minimum Gasteiger partial charge on any atom is -0.339 e. The maximum Gasteiger partial charge on any atom is 0.259 e. The van der Waals surface area contributed by atoms with Gasteiger partial charge in [-0.3, -0.25) is 4.79 Å². The molecule has 1 aromatic heterocycles. The van der Waals surface area contributed by atoms with Gasteiger partial charge in [0.1, 0.15) is 5.82 Å². The van der Waals surface area contributed by atoms with Crippen molar-refractivity contribution >= 4 is 23.1 Å². The van der Waals surface area contributed by atoms with E-state index in [1.165, 1.54) is 0 Å². The molecule has 4 heteroatoms. The molecule has 0 aliphatic heterocycles. The number of nitrogens with zero attached hydrogens (tertiary/aromatic N) is 1. The predicted molar refractivity (Wildman–Crippen MR) is 103 cm³/mol. The molecule has 3 aromatic rings. The Hall–Kier alpha value is -3.14. The largest absolute Gasteiger partial charge is 0.339 e. The van der Waals surface area contributed by atoms with E-state index in [0.29, 0.717) is 11.4 Å². The normalized spacial score (nSPS) is 10.4. The summed E-state index contributed by atoms with van der Waals surface area (Å²) >= 11 is 0.